The molecule has 96 valence electrons. The largest absolute Gasteiger partial charge is 0.214 e. The lowest BCUT2D eigenvalue weighted by Gasteiger charge is -2.14. The van der Waals surface area contributed by atoms with Gasteiger partial charge < -0.3 is 0 Å². The van der Waals surface area contributed by atoms with Gasteiger partial charge in [-0.1, -0.05) is 19.4 Å². The van der Waals surface area contributed by atoms with E-state index in [1.54, 1.807) is 11.3 Å². The third-order valence-corrected chi connectivity index (χ3v) is 5.82. The molecule has 1 fully saturated rings. The van der Waals surface area contributed by atoms with E-state index in [2.05, 4.69) is 16.2 Å². The Labute approximate surface area is 107 Å². The maximum atomic E-state index is 11.7. The Morgan fingerprint density at radius 2 is 2.24 bits per heavy atom. The summed E-state index contributed by atoms with van der Waals surface area (Å²) in [5, 5.41) is 2.06. The molecular weight excluding hydrogens is 254 g/mol. The van der Waals surface area contributed by atoms with Gasteiger partial charge >= 0.3 is 0 Å². The molecule has 1 aromatic heterocycles. The molecule has 0 aliphatic heterocycles. The summed E-state index contributed by atoms with van der Waals surface area (Å²) in [6.45, 7) is 2.57. The van der Waals surface area contributed by atoms with Crippen LogP contribution in [0.1, 0.15) is 37.5 Å². The summed E-state index contributed by atoms with van der Waals surface area (Å²) in [7, 11) is -3.07. The number of thiophene rings is 1. The number of hydrogen-bond donors (Lipinski definition) is 1. The van der Waals surface area contributed by atoms with Crippen LogP contribution >= 0.6 is 11.3 Å². The first-order chi connectivity index (χ1) is 8.08. The van der Waals surface area contributed by atoms with Crippen molar-refractivity contribution in [2.75, 3.05) is 12.3 Å². The van der Waals surface area contributed by atoms with Crippen LogP contribution in [0.15, 0.2) is 17.5 Å². The molecule has 0 bridgehead atoms. The van der Waals surface area contributed by atoms with Crippen LogP contribution < -0.4 is 4.72 Å². The first-order valence-electron chi connectivity index (χ1n) is 6.09. The van der Waals surface area contributed by atoms with Crippen LogP contribution in [0.3, 0.4) is 0 Å². The fourth-order valence-electron chi connectivity index (χ4n) is 1.90. The first-order valence-corrected chi connectivity index (χ1v) is 8.62. The van der Waals surface area contributed by atoms with Crippen LogP contribution in [0.25, 0.3) is 0 Å². The third kappa shape index (κ3) is 3.30. The molecule has 1 heterocycles. The Balaban J connectivity index is 1.91. The van der Waals surface area contributed by atoms with E-state index in [-0.39, 0.29) is 11.2 Å². The lowest BCUT2D eigenvalue weighted by atomic mass is 10.1. The Morgan fingerprint density at radius 1 is 1.47 bits per heavy atom. The Kier molecular flexibility index (Phi) is 3.90. The van der Waals surface area contributed by atoms with Crippen LogP contribution in [0, 0.1) is 0 Å². The number of hydrogen-bond acceptors (Lipinski definition) is 3. The van der Waals surface area contributed by atoms with Crippen molar-refractivity contribution in [1.82, 2.24) is 4.72 Å². The molecule has 1 aliphatic rings. The van der Waals surface area contributed by atoms with E-state index < -0.39 is 10.0 Å². The number of unbranched alkanes of at least 4 members (excludes halogenated alkanes) is 1. The SMILES string of the molecule is CCCCS(=O)(=O)NCC1(c2cccs2)CC1. The van der Waals surface area contributed by atoms with Crippen molar-refractivity contribution in [2.24, 2.45) is 0 Å². The lowest BCUT2D eigenvalue weighted by Crippen LogP contribution is -2.33. The molecule has 0 saturated heterocycles. The van der Waals surface area contributed by atoms with E-state index in [1.807, 2.05) is 13.0 Å². The highest BCUT2D eigenvalue weighted by Crippen LogP contribution is 2.49. The summed E-state index contributed by atoms with van der Waals surface area (Å²) in [5.74, 6) is 0.254. The predicted octanol–water partition coefficient (Wildman–Crippen LogP) is 2.50. The minimum Gasteiger partial charge on any atom is -0.214 e. The van der Waals surface area contributed by atoms with Gasteiger partial charge in [0.2, 0.25) is 10.0 Å². The van der Waals surface area contributed by atoms with E-state index in [0.717, 1.165) is 25.7 Å². The molecule has 1 N–H and O–H groups in total. The molecule has 17 heavy (non-hydrogen) atoms. The van der Waals surface area contributed by atoms with Gasteiger partial charge in [0.05, 0.1) is 5.75 Å². The molecule has 1 aromatic rings. The highest BCUT2D eigenvalue weighted by atomic mass is 32.2. The second-order valence-electron chi connectivity index (χ2n) is 4.75. The maximum Gasteiger partial charge on any atom is 0.211 e. The van der Waals surface area contributed by atoms with Crippen molar-refractivity contribution in [2.45, 2.75) is 38.0 Å². The van der Waals surface area contributed by atoms with Crippen molar-refractivity contribution < 1.29 is 8.42 Å². The number of rotatable bonds is 7. The van der Waals surface area contributed by atoms with Gasteiger partial charge in [0.1, 0.15) is 0 Å². The molecule has 0 amide bonds. The quantitative estimate of drug-likeness (QED) is 0.829. The van der Waals surface area contributed by atoms with E-state index in [1.165, 1.54) is 4.88 Å². The summed E-state index contributed by atoms with van der Waals surface area (Å²) >= 11 is 1.73. The highest BCUT2D eigenvalue weighted by molar-refractivity contribution is 7.89. The summed E-state index contributed by atoms with van der Waals surface area (Å²) in [4.78, 5) is 1.32. The molecule has 0 atom stereocenters. The Morgan fingerprint density at radius 3 is 2.76 bits per heavy atom. The monoisotopic (exact) mass is 273 g/mol. The Bertz CT molecular complexity index is 447. The van der Waals surface area contributed by atoms with Gasteiger partial charge in [-0.05, 0) is 30.7 Å². The summed E-state index contributed by atoms with van der Waals surface area (Å²) in [5.41, 5.74) is 0.105. The van der Waals surface area contributed by atoms with Gasteiger partial charge in [0, 0.05) is 16.8 Å². The highest BCUT2D eigenvalue weighted by Gasteiger charge is 2.45. The topological polar surface area (TPSA) is 46.2 Å². The van der Waals surface area contributed by atoms with Crippen molar-refractivity contribution in [3.05, 3.63) is 22.4 Å². The van der Waals surface area contributed by atoms with Crippen molar-refractivity contribution in [3.8, 4) is 0 Å². The molecule has 0 unspecified atom stereocenters. The van der Waals surface area contributed by atoms with E-state index in [4.69, 9.17) is 0 Å². The van der Waals surface area contributed by atoms with Crippen molar-refractivity contribution in [3.63, 3.8) is 0 Å². The van der Waals surface area contributed by atoms with Crippen molar-refractivity contribution >= 4 is 21.4 Å². The van der Waals surface area contributed by atoms with Gasteiger partial charge in [-0.25, -0.2) is 13.1 Å². The second-order valence-corrected chi connectivity index (χ2v) is 7.63. The molecule has 0 spiro atoms. The molecule has 2 rings (SSSR count). The molecule has 1 saturated carbocycles. The number of nitrogens with one attached hydrogen (secondary N) is 1. The van der Waals surface area contributed by atoms with Gasteiger partial charge in [-0.15, -0.1) is 11.3 Å². The van der Waals surface area contributed by atoms with E-state index in [0.29, 0.717) is 6.54 Å². The van der Waals surface area contributed by atoms with Gasteiger partial charge in [-0.2, -0.15) is 0 Å². The van der Waals surface area contributed by atoms with Crippen LogP contribution in [-0.2, 0) is 15.4 Å². The first kappa shape index (κ1) is 13.1. The summed E-state index contributed by atoms with van der Waals surface area (Å²) in [6.07, 6.45) is 3.85. The molecule has 3 nitrogen and oxygen atoms in total. The smallest absolute Gasteiger partial charge is 0.211 e. The third-order valence-electron chi connectivity index (χ3n) is 3.29. The Hall–Kier alpha value is -0.390. The van der Waals surface area contributed by atoms with Gasteiger partial charge in [0.25, 0.3) is 0 Å². The zero-order chi connectivity index (χ0) is 12.4. The molecule has 0 aromatic carbocycles. The molecule has 0 radical (unpaired) electrons. The second kappa shape index (κ2) is 5.08. The van der Waals surface area contributed by atoms with Gasteiger partial charge in [-0.3, -0.25) is 0 Å². The number of sulfonamides is 1. The predicted molar refractivity (Wildman–Crippen MR) is 71.9 cm³/mol. The van der Waals surface area contributed by atoms with Crippen LogP contribution in [0.4, 0.5) is 0 Å². The lowest BCUT2D eigenvalue weighted by molar-refractivity contribution is 0.565. The normalized spacial score (nSPS) is 18.2. The summed E-state index contributed by atoms with van der Waals surface area (Å²) in [6, 6.07) is 4.14. The summed E-state index contributed by atoms with van der Waals surface area (Å²) < 4.78 is 26.2. The minimum atomic E-state index is -3.07. The average molecular weight is 273 g/mol. The van der Waals surface area contributed by atoms with Crippen LogP contribution in [0.5, 0.6) is 0 Å². The minimum absolute atomic E-state index is 0.105. The maximum absolute atomic E-state index is 11.7. The van der Waals surface area contributed by atoms with Crippen LogP contribution in [0.2, 0.25) is 0 Å². The van der Waals surface area contributed by atoms with E-state index in [9.17, 15) is 8.42 Å². The molecular formula is C12H19NO2S2. The zero-order valence-electron chi connectivity index (χ0n) is 10.1. The average Bonchev–Trinajstić information content (AvgIpc) is 2.89. The molecule has 5 heteroatoms. The van der Waals surface area contributed by atoms with Crippen molar-refractivity contribution in [1.29, 1.82) is 0 Å². The van der Waals surface area contributed by atoms with E-state index >= 15 is 0 Å². The standard InChI is InChI=1S/C12H19NO2S2/c1-2-3-9-17(14,15)13-10-12(6-7-12)11-5-4-8-16-11/h4-5,8,13H,2-3,6-7,9-10H2,1H3. The van der Waals surface area contributed by atoms with Gasteiger partial charge in [0.15, 0.2) is 0 Å². The fraction of sp³-hybridized carbons (Fsp3) is 0.667. The fourth-order valence-corrected chi connectivity index (χ4v) is 4.19. The molecule has 1 aliphatic carbocycles. The zero-order valence-corrected chi connectivity index (χ0v) is 11.7. The van der Waals surface area contributed by atoms with Crippen LogP contribution in [-0.4, -0.2) is 20.7 Å².